The van der Waals surface area contributed by atoms with Crippen LogP contribution < -0.4 is 0 Å². The van der Waals surface area contributed by atoms with Crippen LogP contribution >= 0.6 is 0 Å². The number of carbonyl (C=O) groups is 1. The molecule has 3 rings (SSSR count). The van der Waals surface area contributed by atoms with Gasteiger partial charge < -0.3 is 19.6 Å². The minimum absolute atomic E-state index is 0.0465. The van der Waals surface area contributed by atoms with E-state index in [2.05, 4.69) is 5.10 Å². The molecule has 1 aromatic carbocycles. The van der Waals surface area contributed by atoms with Gasteiger partial charge in [-0.15, -0.1) is 0 Å². The minimum atomic E-state index is -0.417. The zero-order valence-corrected chi connectivity index (χ0v) is 14.2. The number of carbonyl (C=O) groups excluding carboxylic acids is 1. The van der Waals surface area contributed by atoms with E-state index in [-0.39, 0.29) is 23.5 Å². The summed E-state index contributed by atoms with van der Waals surface area (Å²) in [7, 11) is 3.88. The average molecular weight is 348 g/mol. The van der Waals surface area contributed by atoms with Crippen molar-refractivity contribution in [2.45, 2.75) is 6.10 Å². The van der Waals surface area contributed by atoms with E-state index in [1.165, 1.54) is 23.0 Å². The number of amides is 1. The molecular weight excluding hydrogens is 327 g/mol. The largest absolute Gasteiger partial charge is 0.504 e. The Morgan fingerprint density at radius 3 is 3.00 bits per heavy atom. The number of likely N-dealkylation sites (N-methyl/N-ethyl adjacent to an activating group) is 1. The Morgan fingerprint density at radius 2 is 2.28 bits per heavy atom. The van der Waals surface area contributed by atoms with Crippen LogP contribution in [0.25, 0.3) is 5.69 Å². The molecule has 0 spiro atoms. The van der Waals surface area contributed by atoms with E-state index in [0.717, 1.165) is 0 Å². The van der Waals surface area contributed by atoms with Crippen molar-refractivity contribution in [2.24, 2.45) is 0 Å². The van der Waals surface area contributed by atoms with Crippen LogP contribution in [0.4, 0.5) is 4.39 Å². The summed E-state index contributed by atoms with van der Waals surface area (Å²) < 4.78 is 20.3. The van der Waals surface area contributed by atoms with Crippen LogP contribution in [0.2, 0.25) is 0 Å². The lowest BCUT2D eigenvalue weighted by Gasteiger charge is -2.33. The van der Waals surface area contributed by atoms with Crippen molar-refractivity contribution in [3.63, 3.8) is 0 Å². The lowest BCUT2D eigenvalue weighted by molar-refractivity contribution is -0.0308. The highest BCUT2D eigenvalue weighted by molar-refractivity contribution is 5.95. The summed E-state index contributed by atoms with van der Waals surface area (Å²) in [5.74, 6) is -1.01. The van der Waals surface area contributed by atoms with Gasteiger partial charge in [0.05, 0.1) is 24.6 Å². The van der Waals surface area contributed by atoms with E-state index in [1.54, 1.807) is 17.0 Å². The van der Waals surface area contributed by atoms with Gasteiger partial charge in [-0.1, -0.05) is 6.07 Å². The third-order valence-electron chi connectivity index (χ3n) is 3.97. The summed E-state index contributed by atoms with van der Waals surface area (Å²) in [6.07, 6.45) is 1.22. The average Bonchev–Trinajstić information content (AvgIpc) is 2.96. The number of rotatable bonds is 4. The maximum absolute atomic E-state index is 13.4. The van der Waals surface area contributed by atoms with Crippen LogP contribution in [0.15, 0.2) is 30.5 Å². The van der Waals surface area contributed by atoms with E-state index in [1.807, 2.05) is 19.0 Å². The predicted octanol–water partition coefficient (Wildman–Crippen LogP) is 1.12. The summed E-state index contributed by atoms with van der Waals surface area (Å²) >= 11 is 0. The molecule has 134 valence electrons. The number of morpholine rings is 1. The monoisotopic (exact) mass is 348 g/mol. The van der Waals surface area contributed by atoms with E-state index < -0.39 is 5.82 Å². The second kappa shape index (κ2) is 7.20. The molecule has 1 aromatic heterocycles. The van der Waals surface area contributed by atoms with Crippen LogP contribution in [0.3, 0.4) is 0 Å². The summed E-state index contributed by atoms with van der Waals surface area (Å²) in [5.41, 5.74) is 0.386. The molecule has 2 heterocycles. The van der Waals surface area contributed by atoms with E-state index in [9.17, 15) is 14.3 Å². The van der Waals surface area contributed by atoms with Gasteiger partial charge in [-0.2, -0.15) is 5.10 Å². The van der Waals surface area contributed by atoms with Crippen molar-refractivity contribution >= 4 is 5.91 Å². The number of aromatic hydroxyl groups is 1. The Bertz CT molecular complexity index is 762. The molecular formula is C17H21FN4O3. The molecule has 1 amide bonds. The van der Waals surface area contributed by atoms with Gasteiger partial charge in [0, 0.05) is 19.6 Å². The van der Waals surface area contributed by atoms with Gasteiger partial charge in [-0.3, -0.25) is 4.79 Å². The zero-order valence-electron chi connectivity index (χ0n) is 14.2. The fourth-order valence-electron chi connectivity index (χ4n) is 2.84. The zero-order chi connectivity index (χ0) is 18.0. The third-order valence-corrected chi connectivity index (χ3v) is 3.97. The lowest BCUT2D eigenvalue weighted by Crippen LogP contribution is -2.48. The number of hydrogen-bond donors (Lipinski definition) is 1. The van der Waals surface area contributed by atoms with Crippen molar-refractivity contribution in [1.29, 1.82) is 0 Å². The molecule has 0 bridgehead atoms. The molecule has 1 fully saturated rings. The van der Waals surface area contributed by atoms with Gasteiger partial charge in [0.1, 0.15) is 5.82 Å². The topological polar surface area (TPSA) is 70.8 Å². The standard InChI is InChI=1S/C17H21FN4O3/c1-20(2)9-14-10-21(6-7-25-14)17(24)16-15(23)11-22(19-16)13-5-3-4-12(18)8-13/h3-5,8,11,14,23H,6-7,9-10H2,1-2H3. The highest BCUT2D eigenvalue weighted by Gasteiger charge is 2.28. The van der Waals surface area contributed by atoms with Crippen LogP contribution in [0, 0.1) is 5.82 Å². The molecule has 1 saturated heterocycles. The van der Waals surface area contributed by atoms with Crippen LogP contribution in [0.5, 0.6) is 5.75 Å². The molecule has 0 saturated carbocycles. The summed E-state index contributed by atoms with van der Waals surface area (Å²) in [4.78, 5) is 16.3. The van der Waals surface area contributed by atoms with Crippen molar-refractivity contribution < 1.29 is 19.0 Å². The molecule has 1 N–H and O–H groups in total. The highest BCUT2D eigenvalue weighted by atomic mass is 19.1. The van der Waals surface area contributed by atoms with Crippen molar-refractivity contribution in [2.75, 3.05) is 40.3 Å². The van der Waals surface area contributed by atoms with Gasteiger partial charge in [0.15, 0.2) is 11.4 Å². The number of benzene rings is 1. The first-order chi connectivity index (χ1) is 11.9. The molecule has 2 aromatic rings. The van der Waals surface area contributed by atoms with Gasteiger partial charge in [-0.25, -0.2) is 9.07 Å². The van der Waals surface area contributed by atoms with Gasteiger partial charge in [0.25, 0.3) is 5.91 Å². The number of hydrogen-bond acceptors (Lipinski definition) is 5. The third kappa shape index (κ3) is 3.97. The van der Waals surface area contributed by atoms with Crippen molar-refractivity contribution in [3.05, 3.63) is 42.0 Å². The van der Waals surface area contributed by atoms with E-state index in [4.69, 9.17) is 4.74 Å². The predicted molar refractivity (Wildman–Crippen MR) is 89.4 cm³/mol. The Hall–Kier alpha value is -2.45. The van der Waals surface area contributed by atoms with Crippen molar-refractivity contribution in [1.82, 2.24) is 19.6 Å². The molecule has 0 aliphatic carbocycles. The number of nitrogens with zero attached hydrogens (tertiary/aromatic N) is 4. The van der Waals surface area contributed by atoms with Gasteiger partial charge >= 0.3 is 0 Å². The summed E-state index contributed by atoms with van der Waals surface area (Å²) in [5, 5.41) is 14.3. The van der Waals surface area contributed by atoms with Crippen LogP contribution in [-0.4, -0.2) is 77.0 Å². The van der Waals surface area contributed by atoms with Gasteiger partial charge in [-0.05, 0) is 32.3 Å². The van der Waals surface area contributed by atoms with E-state index >= 15 is 0 Å². The van der Waals surface area contributed by atoms with Crippen molar-refractivity contribution in [3.8, 4) is 11.4 Å². The number of aromatic nitrogens is 2. The molecule has 1 unspecified atom stereocenters. The Kier molecular flexibility index (Phi) is 5.00. The molecule has 8 heteroatoms. The molecule has 1 atom stereocenters. The first-order valence-electron chi connectivity index (χ1n) is 8.04. The Balaban J connectivity index is 1.78. The first kappa shape index (κ1) is 17.4. The summed E-state index contributed by atoms with van der Waals surface area (Å²) in [6, 6.07) is 5.78. The first-order valence-corrected chi connectivity index (χ1v) is 8.04. The van der Waals surface area contributed by atoms with E-state index in [0.29, 0.717) is 31.9 Å². The van der Waals surface area contributed by atoms with Gasteiger partial charge in [0.2, 0.25) is 0 Å². The molecule has 1 aliphatic rings. The summed E-state index contributed by atoms with van der Waals surface area (Å²) in [6.45, 7) is 2.02. The number of halogens is 1. The maximum atomic E-state index is 13.4. The molecule has 7 nitrogen and oxygen atoms in total. The van der Waals surface area contributed by atoms with Crippen LogP contribution in [-0.2, 0) is 4.74 Å². The molecule has 0 radical (unpaired) electrons. The maximum Gasteiger partial charge on any atom is 0.278 e. The Morgan fingerprint density at radius 1 is 1.48 bits per heavy atom. The minimum Gasteiger partial charge on any atom is -0.504 e. The fourth-order valence-corrected chi connectivity index (χ4v) is 2.84. The smallest absolute Gasteiger partial charge is 0.278 e. The highest BCUT2D eigenvalue weighted by Crippen LogP contribution is 2.21. The normalized spacial score (nSPS) is 17.9. The SMILES string of the molecule is CN(C)CC1CN(C(=O)c2nn(-c3cccc(F)c3)cc2O)CCO1. The second-order valence-electron chi connectivity index (χ2n) is 6.29. The lowest BCUT2D eigenvalue weighted by atomic mass is 10.2. The molecule has 1 aliphatic heterocycles. The van der Waals surface area contributed by atoms with Crippen LogP contribution in [0.1, 0.15) is 10.5 Å². The second-order valence-corrected chi connectivity index (χ2v) is 6.29. The Labute approximate surface area is 145 Å². The fraction of sp³-hybridized carbons (Fsp3) is 0.412. The quantitative estimate of drug-likeness (QED) is 0.897. The number of ether oxygens (including phenoxy) is 1. The molecule has 25 heavy (non-hydrogen) atoms.